The monoisotopic (exact) mass is 486 g/mol. The maximum absolute atomic E-state index is 13.2. The van der Waals surface area contributed by atoms with Crippen LogP contribution in [0.1, 0.15) is 32.8 Å². The second-order valence-electron chi connectivity index (χ2n) is 8.26. The Hall–Kier alpha value is -3.47. The van der Waals surface area contributed by atoms with E-state index in [0.717, 1.165) is 17.7 Å². The first-order valence-corrected chi connectivity index (χ1v) is 11.8. The van der Waals surface area contributed by atoms with Crippen LogP contribution in [-0.4, -0.2) is 72.8 Å². The number of anilines is 2. The van der Waals surface area contributed by atoms with Crippen molar-refractivity contribution in [2.45, 2.75) is 45.7 Å². The average Bonchev–Trinajstić information content (AvgIpc) is 3.27. The molecule has 0 unspecified atom stereocenters. The molecule has 1 aliphatic rings. The normalized spacial score (nSPS) is 16.3. The van der Waals surface area contributed by atoms with Gasteiger partial charge in [-0.25, -0.2) is 4.79 Å². The minimum atomic E-state index is -0.657. The quantitative estimate of drug-likeness (QED) is 0.429. The van der Waals surface area contributed by atoms with E-state index in [4.69, 9.17) is 14.2 Å². The van der Waals surface area contributed by atoms with Gasteiger partial charge in [-0.1, -0.05) is 38.5 Å². The summed E-state index contributed by atoms with van der Waals surface area (Å²) in [5, 5.41) is 6.54. The number of hydrogen-bond acceptors (Lipinski definition) is 10. The van der Waals surface area contributed by atoms with Crippen molar-refractivity contribution in [1.82, 2.24) is 20.3 Å². The number of carbonyl (C=O) groups excluding carboxylic acids is 2. The molecule has 0 aliphatic carbocycles. The molecular formula is C24H34N6O5. The van der Waals surface area contributed by atoms with Gasteiger partial charge in [0.25, 0.3) is 0 Å². The van der Waals surface area contributed by atoms with Gasteiger partial charge in [0.1, 0.15) is 6.04 Å². The number of carbonyl (C=O) groups is 2. The number of amides is 1. The smallest absolute Gasteiger partial charge is 0.329 e. The Kier molecular flexibility index (Phi) is 9.18. The van der Waals surface area contributed by atoms with E-state index in [1.165, 1.54) is 14.2 Å². The number of rotatable bonds is 12. The Morgan fingerprint density at radius 1 is 1.11 bits per heavy atom. The lowest BCUT2D eigenvalue weighted by Crippen LogP contribution is -2.48. The summed E-state index contributed by atoms with van der Waals surface area (Å²) >= 11 is 0. The molecule has 190 valence electrons. The molecule has 0 saturated heterocycles. The number of aromatic nitrogens is 3. The largest absolute Gasteiger partial charge is 0.467 e. The molecule has 1 aromatic heterocycles. The molecule has 11 heteroatoms. The van der Waals surface area contributed by atoms with Crippen molar-refractivity contribution in [3.63, 3.8) is 0 Å². The second kappa shape index (κ2) is 12.3. The SMILES string of the molecule is CCOC(=O)[C@@H]1Cc2ccccc2N1C(=O)CNC[C@H](Nc1nc(OC)nc(OC)n1)[C@@H](C)CC. The van der Waals surface area contributed by atoms with Crippen LogP contribution in [0.4, 0.5) is 11.6 Å². The summed E-state index contributed by atoms with van der Waals surface area (Å²) in [7, 11) is 2.94. The number of methoxy groups -OCH3 is 2. The molecule has 2 aromatic rings. The number of para-hydroxylation sites is 1. The predicted octanol–water partition coefficient (Wildman–Crippen LogP) is 1.83. The third-order valence-corrected chi connectivity index (χ3v) is 6.05. The number of nitrogens with zero attached hydrogens (tertiary/aromatic N) is 4. The summed E-state index contributed by atoms with van der Waals surface area (Å²) in [5.74, 6) is -0.0255. The molecule has 0 fully saturated rings. The lowest BCUT2D eigenvalue weighted by atomic mass is 9.99. The van der Waals surface area contributed by atoms with Crippen molar-refractivity contribution in [2.24, 2.45) is 5.92 Å². The molecule has 0 radical (unpaired) electrons. The summed E-state index contributed by atoms with van der Waals surface area (Å²) in [6, 6.07) is 7.10. The highest BCUT2D eigenvalue weighted by Crippen LogP contribution is 2.32. The lowest BCUT2D eigenvalue weighted by Gasteiger charge is -2.27. The summed E-state index contributed by atoms with van der Waals surface area (Å²) in [6.07, 6.45) is 1.35. The van der Waals surface area contributed by atoms with E-state index in [0.29, 0.717) is 18.9 Å². The number of benzene rings is 1. The van der Waals surface area contributed by atoms with Crippen LogP contribution < -0.4 is 25.0 Å². The third-order valence-electron chi connectivity index (χ3n) is 6.05. The first-order valence-electron chi connectivity index (χ1n) is 11.8. The lowest BCUT2D eigenvalue weighted by molar-refractivity contribution is -0.145. The van der Waals surface area contributed by atoms with Crippen molar-refractivity contribution in [2.75, 3.05) is 44.1 Å². The van der Waals surface area contributed by atoms with E-state index < -0.39 is 12.0 Å². The average molecular weight is 487 g/mol. The van der Waals surface area contributed by atoms with Gasteiger partial charge in [-0.3, -0.25) is 9.69 Å². The van der Waals surface area contributed by atoms with Gasteiger partial charge in [0.05, 0.1) is 27.4 Å². The zero-order valence-corrected chi connectivity index (χ0v) is 20.9. The first-order chi connectivity index (χ1) is 16.9. The van der Waals surface area contributed by atoms with Gasteiger partial charge >= 0.3 is 18.0 Å². The summed E-state index contributed by atoms with van der Waals surface area (Å²) in [5.41, 5.74) is 1.70. The Labute approximate surface area is 205 Å². The van der Waals surface area contributed by atoms with Crippen molar-refractivity contribution >= 4 is 23.5 Å². The van der Waals surface area contributed by atoms with Crippen molar-refractivity contribution in [1.29, 1.82) is 0 Å². The summed E-state index contributed by atoms with van der Waals surface area (Å²) in [6.45, 7) is 6.74. The highest BCUT2D eigenvalue weighted by Gasteiger charge is 2.38. The fourth-order valence-electron chi connectivity index (χ4n) is 3.97. The number of fused-ring (bicyclic) bond motifs is 1. The second-order valence-corrected chi connectivity index (χ2v) is 8.26. The standard InChI is InChI=1S/C24H34N6O5/c1-6-15(3)17(26-22-27-23(33-4)29-24(28-22)34-5)13-25-14-20(31)30-18-11-9-8-10-16(18)12-19(30)21(32)35-7-2/h8-11,15,17,19,25H,6-7,12-14H2,1-5H3,(H,26,27,28,29)/t15-,17-,19-/m0/s1. The van der Waals surface area contributed by atoms with E-state index >= 15 is 0 Å². The molecule has 1 amide bonds. The number of esters is 1. The first kappa shape index (κ1) is 26.1. The minimum Gasteiger partial charge on any atom is -0.467 e. The van der Waals surface area contributed by atoms with Crippen LogP contribution in [0.15, 0.2) is 24.3 Å². The molecule has 0 spiro atoms. The van der Waals surface area contributed by atoms with Gasteiger partial charge in [-0.15, -0.1) is 4.98 Å². The fraction of sp³-hybridized carbons (Fsp3) is 0.542. The van der Waals surface area contributed by atoms with Gasteiger partial charge in [-0.05, 0) is 24.5 Å². The summed E-state index contributed by atoms with van der Waals surface area (Å²) < 4.78 is 15.5. The molecule has 2 N–H and O–H groups in total. The highest BCUT2D eigenvalue weighted by molar-refractivity contribution is 6.03. The zero-order chi connectivity index (χ0) is 25.4. The van der Waals surface area contributed by atoms with Crippen LogP contribution >= 0.6 is 0 Å². The van der Waals surface area contributed by atoms with E-state index in [1.807, 2.05) is 24.3 Å². The molecular weight excluding hydrogens is 452 g/mol. The van der Waals surface area contributed by atoms with Crippen molar-refractivity contribution in [3.05, 3.63) is 29.8 Å². The maximum atomic E-state index is 13.2. The van der Waals surface area contributed by atoms with Crippen LogP contribution in [0.5, 0.6) is 12.0 Å². The van der Waals surface area contributed by atoms with Crippen molar-refractivity contribution < 1.29 is 23.8 Å². The van der Waals surface area contributed by atoms with Gasteiger partial charge in [0.15, 0.2) is 0 Å². The minimum absolute atomic E-state index is 0.0582. The highest BCUT2D eigenvalue weighted by atomic mass is 16.5. The molecule has 1 aliphatic heterocycles. The molecule has 11 nitrogen and oxygen atoms in total. The number of ether oxygens (including phenoxy) is 3. The van der Waals surface area contributed by atoms with Gasteiger partial charge in [0, 0.05) is 24.7 Å². The van der Waals surface area contributed by atoms with Gasteiger partial charge in [0.2, 0.25) is 11.9 Å². The zero-order valence-electron chi connectivity index (χ0n) is 20.9. The third kappa shape index (κ3) is 6.36. The van der Waals surface area contributed by atoms with Crippen LogP contribution in [0.2, 0.25) is 0 Å². The van der Waals surface area contributed by atoms with E-state index in [9.17, 15) is 9.59 Å². The summed E-state index contributed by atoms with van der Waals surface area (Å²) in [4.78, 5) is 39.9. The Morgan fingerprint density at radius 2 is 1.80 bits per heavy atom. The number of hydrogen-bond donors (Lipinski definition) is 2. The molecule has 2 heterocycles. The van der Waals surface area contributed by atoms with Gasteiger partial charge in [-0.2, -0.15) is 9.97 Å². The molecule has 0 bridgehead atoms. The van der Waals surface area contributed by atoms with Crippen LogP contribution in [-0.2, 0) is 20.7 Å². The van der Waals surface area contributed by atoms with Crippen LogP contribution in [0.25, 0.3) is 0 Å². The molecule has 3 atom stereocenters. The molecule has 35 heavy (non-hydrogen) atoms. The van der Waals surface area contributed by atoms with Crippen LogP contribution in [0.3, 0.4) is 0 Å². The van der Waals surface area contributed by atoms with Crippen molar-refractivity contribution in [3.8, 4) is 12.0 Å². The number of nitrogens with one attached hydrogen (secondary N) is 2. The van der Waals surface area contributed by atoms with Gasteiger partial charge < -0.3 is 24.8 Å². The molecule has 3 rings (SSSR count). The topological polar surface area (TPSA) is 128 Å². The predicted molar refractivity (Wildman–Crippen MR) is 131 cm³/mol. The van der Waals surface area contributed by atoms with Crippen LogP contribution in [0, 0.1) is 5.92 Å². The van der Waals surface area contributed by atoms with E-state index in [2.05, 4.69) is 39.4 Å². The van der Waals surface area contributed by atoms with E-state index in [1.54, 1.807) is 11.8 Å². The Balaban J connectivity index is 1.68. The molecule has 0 saturated carbocycles. The fourth-order valence-corrected chi connectivity index (χ4v) is 3.97. The molecule has 1 aromatic carbocycles. The Bertz CT molecular complexity index is 997. The maximum Gasteiger partial charge on any atom is 0.329 e. The van der Waals surface area contributed by atoms with E-state index in [-0.39, 0.29) is 43.0 Å². The Morgan fingerprint density at radius 3 is 2.43 bits per heavy atom.